The molecule has 0 radical (unpaired) electrons. The molecule has 2 fully saturated rings. The number of anilines is 1. The van der Waals surface area contributed by atoms with E-state index in [4.69, 9.17) is 9.26 Å². The van der Waals surface area contributed by atoms with Gasteiger partial charge in [0.05, 0.1) is 13.2 Å². The number of carbonyl (C=O) groups is 1. The Hall–Kier alpha value is -2.64. The molecule has 7 heteroatoms. The molecule has 0 bridgehead atoms. The normalized spacial score (nSPS) is 18.7. The van der Waals surface area contributed by atoms with E-state index < -0.39 is 0 Å². The van der Waals surface area contributed by atoms with E-state index in [-0.39, 0.29) is 5.91 Å². The van der Waals surface area contributed by atoms with Gasteiger partial charge < -0.3 is 19.1 Å². The molecule has 1 aromatic heterocycles. The molecule has 0 spiro atoms. The lowest BCUT2D eigenvalue weighted by Crippen LogP contribution is -2.48. The molecule has 3 heterocycles. The summed E-state index contributed by atoms with van der Waals surface area (Å²) in [6, 6.07) is 12.0. The first-order valence-electron chi connectivity index (χ1n) is 9.82. The van der Waals surface area contributed by atoms with Gasteiger partial charge in [-0.1, -0.05) is 47.6 Å². The zero-order valence-corrected chi connectivity index (χ0v) is 16.0. The summed E-state index contributed by atoms with van der Waals surface area (Å²) in [5.74, 6) is 0.596. The number of piperazine rings is 1. The van der Waals surface area contributed by atoms with Crippen LogP contribution in [0.2, 0.25) is 0 Å². The Bertz CT molecular complexity index is 791. The maximum atomic E-state index is 12.7. The van der Waals surface area contributed by atoms with Crippen molar-refractivity contribution in [1.29, 1.82) is 0 Å². The second-order valence-corrected chi connectivity index (χ2v) is 7.06. The van der Waals surface area contributed by atoms with Crippen LogP contribution in [0.4, 0.5) is 5.88 Å². The van der Waals surface area contributed by atoms with Crippen LogP contribution in [0.25, 0.3) is 6.08 Å². The summed E-state index contributed by atoms with van der Waals surface area (Å²) in [5, 5.41) is 4.00. The Morgan fingerprint density at radius 3 is 2.54 bits per heavy atom. The Morgan fingerprint density at radius 2 is 1.79 bits per heavy atom. The van der Waals surface area contributed by atoms with Crippen LogP contribution in [-0.4, -0.2) is 79.9 Å². The van der Waals surface area contributed by atoms with E-state index >= 15 is 0 Å². The highest BCUT2D eigenvalue weighted by atomic mass is 16.5. The molecule has 28 heavy (non-hydrogen) atoms. The standard InChI is InChI=1S/C21H26N4O3/c26-21(19-17-20(28-22-19)24-13-15-27-16-14-24)25-11-9-23(10-12-25)8-4-7-18-5-2-1-3-6-18/h1-7,17H,8-16H2/b7-4+. The molecule has 2 aromatic rings. The van der Waals surface area contributed by atoms with E-state index in [1.54, 1.807) is 6.07 Å². The first-order valence-corrected chi connectivity index (χ1v) is 9.82. The van der Waals surface area contributed by atoms with Crippen LogP contribution in [0.1, 0.15) is 16.1 Å². The lowest BCUT2D eigenvalue weighted by atomic mass is 10.2. The fraction of sp³-hybridized carbons (Fsp3) is 0.429. The number of carbonyl (C=O) groups excluding carboxylic acids is 1. The summed E-state index contributed by atoms with van der Waals surface area (Å²) in [7, 11) is 0. The Balaban J connectivity index is 1.26. The topological polar surface area (TPSA) is 62.1 Å². The number of amides is 1. The van der Waals surface area contributed by atoms with Gasteiger partial charge in [0, 0.05) is 51.9 Å². The van der Waals surface area contributed by atoms with Crippen molar-refractivity contribution in [3.05, 3.63) is 53.7 Å². The van der Waals surface area contributed by atoms with Gasteiger partial charge in [0.2, 0.25) is 5.88 Å². The molecular weight excluding hydrogens is 356 g/mol. The zero-order valence-electron chi connectivity index (χ0n) is 16.0. The molecule has 0 atom stereocenters. The zero-order chi connectivity index (χ0) is 19.2. The van der Waals surface area contributed by atoms with Gasteiger partial charge in [-0.2, -0.15) is 0 Å². The first-order chi connectivity index (χ1) is 13.8. The lowest BCUT2D eigenvalue weighted by Gasteiger charge is -2.33. The molecule has 0 saturated carbocycles. The maximum Gasteiger partial charge on any atom is 0.276 e. The van der Waals surface area contributed by atoms with Crippen LogP contribution >= 0.6 is 0 Å². The predicted molar refractivity (Wildman–Crippen MR) is 107 cm³/mol. The minimum Gasteiger partial charge on any atom is -0.378 e. The summed E-state index contributed by atoms with van der Waals surface area (Å²) in [4.78, 5) is 19.0. The van der Waals surface area contributed by atoms with Gasteiger partial charge in [-0.15, -0.1) is 0 Å². The molecule has 0 aliphatic carbocycles. The van der Waals surface area contributed by atoms with Crippen molar-refractivity contribution in [2.45, 2.75) is 0 Å². The highest BCUT2D eigenvalue weighted by Crippen LogP contribution is 2.18. The monoisotopic (exact) mass is 382 g/mol. The minimum atomic E-state index is -0.0530. The third-order valence-electron chi connectivity index (χ3n) is 5.17. The van der Waals surface area contributed by atoms with E-state index in [0.717, 1.165) is 32.7 Å². The second kappa shape index (κ2) is 9.03. The predicted octanol–water partition coefficient (Wildman–Crippen LogP) is 1.98. The van der Waals surface area contributed by atoms with E-state index in [0.29, 0.717) is 37.9 Å². The summed E-state index contributed by atoms with van der Waals surface area (Å²) in [6.07, 6.45) is 4.32. The number of hydrogen-bond donors (Lipinski definition) is 0. The van der Waals surface area contributed by atoms with Crippen LogP contribution in [-0.2, 0) is 4.74 Å². The van der Waals surface area contributed by atoms with Crippen molar-refractivity contribution in [1.82, 2.24) is 15.0 Å². The maximum absolute atomic E-state index is 12.7. The smallest absolute Gasteiger partial charge is 0.276 e. The molecule has 1 aromatic carbocycles. The molecule has 2 saturated heterocycles. The van der Waals surface area contributed by atoms with Crippen LogP contribution in [0.5, 0.6) is 0 Å². The fourth-order valence-electron chi connectivity index (χ4n) is 3.50. The van der Waals surface area contributed by atoms with Gasteiger partial charge in [-0.25, -0.2) is 0 Å². The molecule has 0 unspecified atom stereocenters. The summed E-state index contributed by atoms with van der Waals surface area (Å²) >= 11 is 0. The van der Waals surface area contributed by atoms with E-state index in [1.165, 1.54) is 5.56 Å². The SMILES string of the molecule is O=C(c1cc(N2CCOCC2)on1)N1CCN(C/C=C/c2ccccc2)CC1. The molecule has 2 aliphatic rings. The van der Waals surface area contributed by atoms with Crippen LogP contribution < -0.4 is 4.90 Å². The number of morpholine rings is 1. The third-order valence-corrected chi connectivity index (χ3v) is 5.17. The second-order valence-electron chi connectivity index (χ2n) is 7.06. The van der Waals surface area contributed by atoms with Gasteiger partial charge in [-0.3, -0.25) is 9.69 Å². The number of ether oxygens (including phenoxy) is 1. The van der Waals surface area contributed by atoms with Crippen LogP contribution in [0.15, 0.2) is 47.0 Å². The van der Waals surface area contributed by atoms with E-state index in [9.17, 15) is 4.79 Å². The van der Waals surface area contributed by atoms with Crippen molar-refractivity contribution in [3.8, 4) is 0 Å². The number of hydrogen-bond acceptors (Lipinski definition) is 6. The molecule has 4 rings (SSSR count). The third kappa shape index (κ3) is 4.61. The Labute approximate surface area is 165 Å². The highest BCUT2D eigenvalue weighted by Gasteiger charge is 2.25. The molecule has 2 aliphatic heterocycles. The molecule has 0 N–H and O–H groups in total. The van der Waals surface area contributed by atoms with Crippen molar-refractivity contribution in [2.75, 3.05) is 63.9 Å². The lowest BCUT2D eigenvalue weighted by molar-refractivity contribution is 0.0640. The van der Waals surface area contributed by atoms with E-state index in [1.807, 2.05) is 23.1 Å². The summed E-state index contributed by atoms with van der Waals surface area (Å²) in [6.45, 7) is 6.89. The molecular formula is C21H26N4O3. The van der Waals surface area contributed by atoms with Gasteiger partial charge in [0.25, 0.3) is 5.91 Å². The summed E-state index contributed by atoms with van der Waals surface area (Å²) in [5.41, 5.74) is 1.59. The summed E-state index contributed by atoms with van der Waals surface area (Å²) < 4.78 is 10.7. The quantitative estimate of drug-likeness (QED) is 0.788. The highest BCUT2D eigenvalue weighted by molar-refractivity contribution is 5.93. The molecule has 7 nitrogen and oxygen atoms in total. The van der Waals surface area contributed by atoms with E-state index in [2.05, 4.69) is 39.2 Å². The minimum absolute atomic E-state index is 0.0530. The van der Waals surface area contributed by atoms with Crippen molar-refractivity contribution < 1.29 is 14.1 Å². The van der Waals surface area contributed by atoms with Gasteiger partial charge in [0.1, 0.15) is 0 Å². The molecule has 148 valence electrons. The number of benzene rings is 1. The van der Waals surface area contributed by atoms with Crippen molar-refractivity contribution in [2.24, 2.45) is 0 Å². The first kappa shape index (κ1) is 18.7. The number of nitrogens with zero attached hydrogens (tertiary/aromatic N) is 4. The van der Waals surface area contributed by atoms with Gasteiger partial charge >= 0.3 is 0 Å². The van der Waals surface area contributed by atoms with Crippen molar-refractivity contribution in [3.63, 3.8) is 0 Å². The number of aromatic nitrogens is 1. The largest absolute Gasteiger partial charge is 0.378 e. The van der Waals surface area contributed by atoms with Gasteiger partial charge in [-0.05, 0) is 5.56 Å². The average molecular weight is 382 g/mol. The van der Waals surface area contributed by atoms with Crippen LogP contribution in [0.3, 0.4) is 0 Å². The Morgan fingerprint density at radius 1 is 1.04 bits per heavy atom. The van der Waals surface area contributed by atoms with Gasteiger partial charge in [0.15, 0.2) is 5.69 Å². The fourth-order valence-corrected chi connectivity index (χ4v) is 3.50. The van der Waals surface area contributed by atoms with Crippen LogP contribution in [0, 0.1) is 0 Å². The Kier molecular flexibility index (Phi) is 6.04. The van der Waals surface area contributed by atoms with Crippen molar-refractivity contribution >= 4 is 17.9 Å². The number of rotatable bonds is 5. The molecule has 1 amide bonds. The average Bonchev–Trinajstić information content (AvgIpc) is 3.25.